The summed E-state index contributed by atoms with van der Waals surface area (Å²) in [6.07, 6.45) is 4.11. The maximum absolute atomic E-state index is 12.1. The molecule has 0 spiro atoms. The van der Waals surface area contributed by atoms with E-state index < -0.39 is 0 Å². The standard InChI is InChI=1S/C22H30N4O3/c1-16-6-8-19(20(13-16)28-3)29-21-9-7-18(14-24-21)25-22(27)23-10-12-26-11-4-5-17(2)15-26/h6-9,13-14,17H,4-5,10-12,15H2,1-3H3,(H2,23,25,27)/t17-/m0/s1. The molecule has 1 saturated heterocycles. The van der Waals surface area contributed by atoms with Crippen LogP contribution in [0.2, 0.25) is 0 Å². The van der Waals surface area contributed by atoms with Crippen molar-refractivity contribution < 1.29 is 14.3 Å². The van der Waals surface area contributed by atoms with Crippen molar-refractivity contribution in [3.8, 4) is 17.4 Å². The molecule has 7 nitrogen and oxygen atoms in total. The van der Waals surface area contributed by atoms with E-state index in [4.69, 9.17) is 9.47 Å². The van der Waals surface area contributed by atoms with Crippen LogP contribution in [-0.2, 0) is 0 Å². The number of ether oxygens (including phenoxy) is 2. The first-order chi connectivity index (χ1) is 14.0. The number of aromatic nitrogens is 1. The number of carbonyl (C=O) groups is 1. The Labute approximate surface area is 172 Å². The van der Waals surface area contributed by atoms with Gasteiger partial charge in [-0.2, -0.15) is 0 Å². The third-order valence-corrected chi connectivity index (χ3v) is 4.98. The second-order valence-corrected chi connectivity index (χ2v) is 7.57. The van der Waals surface area contributed by atoms with Crippen molar-refractivity contribution in [2.24, 2.45) is 5.92 Å². The van der Waals surface area contributed by atoms with Gasteiger partial charge in [-0.25, -0.2) is 9.78 Å². The predicted octanol–water partition coefficient (Wildman–Crippen LogP) is 4.04. The molecule has 0 unspecified atom stereocenters. The Kier molecular flexibility index (Phi) is 7.30. The van der Waals surface area contributed by atoms with Crippen molar-refractivity contribution in [1.29, 1.82) is 0 Å². The van der Waals surface area contributed by atoms with Gasteiger partial charge in [0, 0.05) is 25.7 Å². The van der Waals surface area contributed by atoms with Gasteiger partial charge in [0.25, 0.3) is 0 Å². The fourth-order valence-electron chi connectivity index (χ4n) is 3.48. The smallest absolute Gasteiger partial charge is 0.319 e. The zero-order chi connectivity index (χ0) is 20.6. The predicted molar refractivity (Wildman–Crippen MR) is 114 cm³/mol. The monoisotopic (exact) mass is 398 g/mol. The minimum Gasteiger partial charge on any atom is -0.493 e. The highest BCUT2D eigenvalue weighted by atomic mass is 16.5. The molecule has 0 aliphatic carbocycles. The summed E-state index contributed by atoms with van der Waals surface area (Å²) < 4.78 is 11.1. The Morgan fingerprint density at radius 3 is 2.86 bits per heavy atom. The van der Waals surface area contributed by atoms with Crippen LogP contribution in [0.1, 0.15) is 25.3 Å². The molecule has 1 aliphatic rings. The van der Waals surface area contributed by atoms with Gasteiger partial charge in [0.2, 0.25) is 5.88 Å². The van der Waals surface area contributed by atoms with E-state index in [2.05, 4.69) is 27.4 Å². The normalized spacial score (nSPS) is 16.9. The lowest BCUT2D eigenvalue weighted by Gasteiger charge is -2.30. The Bertz CT molecular complexity index is 810. The molecule has 7 heteroatoms. The van der Waals surface area contributed by atoms with Crippen LogP contribution in [0.3, 0.4) is 0 Å². The minimum absolute atomic E-state index is 0.231. The number of methoxy groups -OCH3 is 1. The molecule has 156 valence electrons. The first-order valence-electron chi connectivity index (χ1n) is 10.1. The summed E-state index contributed by atoms with van der Waals surface area (Å²) in [5, 5.41) is 5.70. The van der Waals surface area contributed by atoms with Crippen molar-refractivity contribution in [3.63, 3.8) is 0 Å². The first-order valence-corrected chi connectivity index (χ1v) is 10.1. The number of piperidine rings is 1. The second kappa shape index (κ2) is 10.1. The van der Waals surface area contributed by atoms with Gasteiger partial charge >= 0.3 is 6.03 Å². The van der Waals surface area contributed by atoms with E-state index in [0.717, 1.165) is 31.1 Å². The Balaban J connectivity index is 1.45. The van der Waals surface area contributed by atoms with Gasteiger partial charge in [0.05, 0.1) is 19.0 Å². The van der Waals surface area contributed by atoms with Crippen LogP contribution in [0.5, 0.6) is 17.4 Å². The number of amides is 2. The van der Waals surface area contributed by atoms with E-state index in [-0.39, 0.29) is 6.03 Å². The van der Waals surface area contributed by atoms with Crippen molar-refractivity contribution in [1.82, 2.24) is 15.2 Å². The molecule has 1 atom stereocenters. The van der Waals surface area contributed by atoms with Crippen molar-refractivity contribution >= 4 is 11.7 Å². The quantitative estimate of drug-likeness (QED) is 0.736. The van der Waals surface area contributed by atoms with E-state index >= 15 is 0 Å². The third kappa shape index (κ3) is 6.35. The van der Waals surface area contributed by atoms with Crippen LogP contribution >= 0.6 is 0 Å². The Morgan fingerprint density at radius 2 is 2.14 bits per heavy atom. The molecule has 0 saturated carbocycles. The van der Waals surface area contributed by atoms with Crippen LogP contribution in [-0.4, -0.2) is 49.2 Å². The molecular formula is C22H30N4O3. The molecule has 2 N–H and O–H groups in total. The zero-order valence-electron chi connectivity index (χ0n) is 17.4. The van der Waals surface area contributed by atoms with E-state index in [1.165, 1.54) is 12.8 Å². The lowest BCUT2D eigenvalue weighted by atomic mass is 10.0. The van der Waals surface area contributed by atoms with Gasteiger partial charge in [-0.1, -0.05) is 13.0 Å². The maximum Gasteiger partial charge on any atom is 0.319 e. The van der Waals surface area contributed by atoms with E-state index in [0.29, 0.717) is 29.6 Å². The number of urea groups is 1. The van der Waals surface area contributed by atoms with Crippen LogP contribution in [0.25, 0.3) is 0 Å². The maximum atomic E-state index is 12.1. The molecule has 2 amide bonds. The summed E-state index contributed by atoms with van der Waals surface area (Å²) in [5.74, 6) is 2.41. The summed E-state index contributed by atoms with van der Waals surface area (Å²) in [7, 11) is 1.60. The molecule has 0 radical (unpaired) electrons. The number of benzene rings is 1. The first kappa shape index (κ1) is 20.9. The molecule has 1 fully saturated rings. The number of rotatable bonds is 7. The lowest BCUT2D eigenvalue weighted by molar-refractivity contribution is 0.184. The number of carbonyl (C=O) groups excluding carboxylic acids is 1. The van der Waals surface area contributed by atoms with Crippen LogP contribution in [0, 0.1) is 12.8 Å². The highest BCUT2D eigenvalue weighted by Gasteiger charge is 2.15. The summed E-state index contributed by atoms with van der Waals surface area (Å²) in [4.78, 5) is 18.8. The van der Waals surface area contributed by atoms with Crippen LogP contribution in [0.4, 0.5) is 10.5 Å². The topological polar surface area (TPSA) is 75.7 Å². The SMILES string of the molecule is COc1cc(C)ccc1Oc1ccc(NC(=O)NCCN2CCC[C@H](C)C2)cn1. The van der Waals surface area contributed by atoms with Crippen LogP contribution < -0.4 is 20.1 Å². The molecule has 2 heterocycles. The summed E-state index contributed by atoms with van der Waals surface area (Å²) >= 11 is 0. The van der Waals surface area contributed by atoms with Crippen LogP contribution in [0.15, 0.2) is 36.5 Å². The molecule has 1 aliphatic heterocycles. The van der Waals surface area contributed by atoms with Gasteiger partial charge in [0.15, 0.2) is 11.5 Å². The molecular weight excluding hydrogens is 368 g/mol. The molecule has 2 aromatic rings. The lowest BCUT2D eigenvalue weighted by Crippen LogP contribution is -2.41. The van der Waals surface area contributed by atoms with Gasteiger partial charge in [-0.3, -0.25) is 0 Å². The highest BCUT2D eigenvalue weighted by Crippen LogP contribution is 2.31. The average Bonchev–Trinajstić information content (AvgIpc) is 2.71. The third-order valence-electron chi connectivity index (χ3n) is 4.98. The molecule has 0 bridgehead atoms. The van der Waals surface area contributed by atoms with Crippen molar-refractivity contribution in [3.05, 3.63) is 42.1 Å². The van der Waals surface area contributed by atoms with Gasteiger partial charge < -0.3 is 25.0 Å². The van der Waals surface area contributed by atoms with Gasteiger partial charge in [-0.05, 0) is 56.0 Å². The number of nitrogens with zero attached hydrogens (tertiary/aromatic N) is 2. The number of aryl methyl sites for hydroxylation is 1. The number of hydrogen-bond donors (Lipinski definition) is 2. The summed E-state index contributed by atoms with van der Waals surface area (Å²) in [6.45, 7) is 8.00. The van der Waals surface area contributed by atoms with E-state index in [1.54, 1.807) is 25.4 Å². The molecule has 1 aromatic carbocycles. The van der Waals surface area contributed by atoms with E-state index in [9.17, 15) is 4.79 Å². The number of anilines is 1. The number of hydrogen-bond acceptors (Lipinski definition) is 5. The number of nitrogens with one attached hydrogen (secondary N) is 2. The zero-order valence-corrected chi connectivity index (χ0v) is 17.4. The Hall–Kier alpha value is -2.80. The van der Waals surface area contributed by atoms with E-state index in [1.807, 2.05) is 25.1 Å². The fraction of sp³-hybridized carbons (Fsp3) is 0.455. The van der Waals surface area contributed by atoms with Crippen molar-refractivity contribution in [2.75, 3.05) is 38.6 Å². The summed E-state index contributed by atoms with van der Waals surface area (Å²) in [5.41, 5.74) is 1.69. The van der Waals surface area contributed by atoms with Gasteiger partial charge in [0.1, 0.15) is 0 Å². The number of likely N-dealkylation sites (tertiary alicyclic amines) is 1. The minimum atomic E-state index is -0.231. The van der Waals surface area contributed by atoms with Crippen molar-refractivity contribution in [2.45, 2.75) is 26.7 Å². The number of pyridine rings is 1. The largest absolute Gasteiger partial charge is 0.493 e. The molecule has 1 aromatic heterocycles. The average molecular weight is 399 g/mol. The van der Waals surface area contributed by atoms with Gasteiger partial charge in [-0.15, -0.1) is 0 Å². The highest BCUT2D eigenvalue weighted by molar-refractivity contribution is 5.89. The summed E-state index contributed by atoms with van der Waals surface area (Å²) in [6, 6.07) is 8.94. The second-order valence-electron chi connectivity index (χ2n) is 7.57. The molecule has 3 rings (SSSR count). The molecule has 29 heavy (non-hydrogen) atoms. The Morgan fingerprint density at radius 1 is 1.28 bits per heavy atom. The fourth-order valence-corrected chi connectivity index (χ4v) is 3.48.